The molecule has 120 valence electrons. The van der Waals surface area contributed by atoms with Crippen LogP contribution in [0.5, 0.6) is 0 Å². The van der Waals surface area contributed by atoms with Gasteiger partial charge in [0.15, 0.2) is 0 Å². The van der Waals surface area contributed by atoms with Crippen molar-refractivity contribution in [3.63, 3.8) is 0 Å². The fraction of sp³-hybridized carbons (Fsp3) is 0.417. The van der Waals surface area contributed by atoms with Crippen LogP contribution in [-0.4, -0.2) is 53.2 Å². The van der Waals surface area contributed by atoms with Crippen molar-refractivity contribution >= 4 is 15.9 Å². The molecule has 0 fully saturated rings. The molecule has 1 amide bonds. The molecule has 2 rings (SSSR count). The van der Waals surface area contributed by atoms with E-state index in [4.69, 9.17) is 4.52 Å². The molecule has 0 radical (unpaired) electrons. The summed E-state index contributed by atoms with van der Waals surface area (Å²) in [6.45, 7) is -0.231. The largest absolute Gasteiger partial charge is 0.348 e. The van der Waals surface area contributed by atoms with Crippen LogP contribution in [0.3, 0.4) is 0 Å². The van der Waals surface area contributed by atoms with Crippen LogP contribution in [0, 0.1) is 0 Å². The van der Waals surface area contributed by atoms with Crippen LogP contribution in [0.25, 0.3) is 11.5 Å². The SMILES string of the molecule is CN(CC(=O)NCc1nc(-c2cccn2C)no1)S(C)(=O)=O. The van der Waals surface area contributed by atoms with Crippen molar-refractivity contribution in [2.24, 2.45) is 7.05 Å². The van der Waals surface area contributed by atoms with Gasteiger partial charge in [-0.15, -0.1) is 0 Å². The molecule has 0 aliphatic heterocycles. The maximum Gasteiger partial charge on any atom is 0.246 e. The number of nitrogens with one attached hydrogen (secondary N) is 1. The molecule has 0 spiro atoms. The van der Waals surface area contributed by atoms with Crippen LogP contribution in [0.1, 0.15) is 5.89 Å². The lowest BCUT2D eigenvalue weighted by Gasteiger charge is -2.12. The van der Waals surface area contributed by atoms with E-state index >= 15 is 0 Å². The predicted octanol–water partition coefficient (Wildman–Crippen LogP) is -0.417. The molecule has 1 N–H and O–H groups in total. The molecule has 0 saturated carbocycles. The van der Waals surface area contributed by atoms with E-state index in [1.807, 2.05) is 29.9 Å². The minimum Gasteiger partial charge on any atom is -0.348 e. The number of aromatic nitrogens is 3. The summed E-state index contributed by atoms with van der Waals surface area (Å²) in [5, 5.41) is 6.36. The van der Waals surface area contributed by atoms with Crippen molar-refractivity contribution in [3.8, 4) is 11.5 Å². The maximum absolute atomic E-state index is 11.7. The number of likely N-dealkylation sites (N-methyl/N-ethyl adjacent to an activating group) is 1. The highest BCUT2D eigenvalue weighted by Crippen LogP contribution is 2.15. The fourth-order valence-corrected chi connectivity index (χ4v) is 2.03. The zero-order valence-electron chi connectivity index (χ0n) is 12.5. The third-order valence-corrected chi connectivity index (χ3v) is 4.27. The Labute approximate surface area is 128 Å². The summed E-state index contributed by atoms with van der Waals surface area (Å²) < 4.78 is 30.3. The molecule has 0 aliphatic rings. The Hall–Kier alpha value is -2.20. The molecule has 0 aliphatic carbocycles. The number of carbonyl (C=O) groups is 1. The summed E-state index contributed by atoms with van der Waals surface area (Å²) in [5.74, 6) is 0.211. The minimum atomic E-state index is -3.39. The summed E-state index contributed by atoms with van der Waals surface area (Å²) >= 11 is 0. The van der Waals surface area contributed by atoms with Crippen LogP contribution >= 0.6 is 0 Å². The number of sulfonamides is 1. The average molecular weight is 327 g/mol. The summed E-state index contributed by atoms with van der Waals surface area (Å²) in [5.41, 5.74) is 0.790. The third-order valence-electron chi connectivity index (χ3n) is 3.01. The molecule has 2 aromatic rings. The molecule has 10 heteroatoms. The molecule has 2 heterocycles. The second kappa shape index (κ2) is 6.28. The molecule has 0 aromatic carbocycles. The first-order chi connectivity index (χ1) is 10.3. The summed E-state index contributed by atoms with van der Waals surface area (Å²) in [6.07, 6.45) is 2.89. The zero-order chi connectivity index (χ0) is 16.3. The Bertz CT molecular complexity index is 764. The Morgan fingerprint density at radius 2 is 2.23 bits per heavy atom. The van der Waals surface area contributed by atoms with Gasteiger partial charge in [-0.2, -0.15) is 9.29 Å². The number of carbonyl (C=O) groups excluding carboxylic acids is 1. The van der Waals surface area contributed by atoms with Crippen molar-refractivity contribution in [1.82, 2.24) is 24.3 Å². The first-order valence-electron chi connectivity index (χ1n) is 6.39. The van der Waals surface area contributed by atoms with Gasteiger partial charge in [0.05, 0.1) is 25.0 Å². The molecular formula is C12H17N5O4S. The van der Waals surface area contributed by atoms with Crippen LogP contribution in [0.15, 0.2) is 22.9 Å². The van der Waals surface area contributed by atoms with Gasteiger partial charge in [-0.05, 0) is 12.1 Å². The zero-order valence-corrected chi connectivity index (χ0v) is 13.3. The van der Waals surface area contributed by atoms with Gasteiger partial charge in [-0.3, -0.25) is 4.79 Å². The van der Waals surface area contributed by atoms with E-state index in [0.29, 0.717) is 5.82 Å². The molecule has 22 heavy (non-hydrogen) atoms. The number of nitrogens with zero attached hydrogens (tertiary/aromatic N) is 4. The van der Waals surface area contributed by atoms with E-state index in [2.05, 4.69) is 15.5 Å². The van der Waals surface area contributed by atoms with Gasteiger partial charge in [0, 0.05) is 20.3 Å². The fourth-order valence-electron chi connectivity index (χ4n) is 1.67. The standard InChI is InChI=1S/C12H17N5O4S/c1-16-6-4-5-9(16)12-14-11(21-15-12)7-13-10(18)8-17(2)22(3,19)20/h4-6H,7-8H2,1-3H3,(H,13,18). The Morgan fingerprint density at radius 1 is 1.50 bits per heavy atom. The van der Waals surface area contributed by atoms with E-state index < -0.39 is 15.9 Å². The minimum absolute atomic E-state index is 0.0356. The highest BCUT2D eigenvalue weighted by Gasteiger charge is 2.16. The van der Waals surface area contributed by atoms with Gasteiger partial charge in [0.25, 0.3) is 0 Å². The summed E-state index contributed by atoms with van der Waals surface area (Å²) in [4.78, 5) is 15.8. The highest BCUT2D eigenvalue weighted by atomic mass is 32.2. The van der Waals surface area contributed by atoms with Crippen molar-refractivity contribution in [2.75, 3.05) is 19.8 Å². The monoisotopic (exact) mass is 327 g/mol. The number of aryl methyl sites for hydroxylation is 1. The molecule has 2 aromatic heterocycles. The van der Waals surface area contributed by atoms with Crippen molar-refractivity contribution < 1.29 is 17.7 Å². The molecule has 0 saturated heterocycles. The van der Waals surface area contributed by atoms with Gasteiger partial charge >= 0.3 is 0 Å². The van der Waals surface area contributed by atoms with Gasteiger partial charge in [-0.25, -0.2) is 8.42 Å². The van der Waals surface area contributed by atoms with Crippen molar-refractivity contribution in [1.29, 1.82) is 0 Å². The predicted molar refractivity (Wildman–Crippen MR) is 78.0 cm³/mol. The molecule has 0 bridgehead atoms. The highest BCUT2D eigenvalue weighted by molar-refractivity contribution is 7.88. The number of amides is 1. The number of rotatable bonds is 6. The Kier molecular flexibility index (Phi) is 4.62. The lowest BCUT2D eigenvalue weighted by atomic mass is 10.4. The van der Waals surface area contributed by atoms with Crippen LogP contribution in [0.2, 0.25) is 0 Å². The average Bonchev–Trinajstić information content (AvgIpc) is 3.03. The number of hydrogen-bond donors (Lipinski definition) is 1. The second-order valence-electron chi connectivity index (χ2n) is 4.81. The van der Waals surface area contributed by atoms with E-state index in [9.17, 15) is 13.2 Å². The van der Waals surface area contributed by atoms with Crippen LogP contribution in [-0.2, 0) is 28.4 Å². The number of hydrogen-bond acceptors (Lipinski definition) is 6. The maximum atomic E-state index is 11.7. The molecular weight excluding hydrogens is 310 g/mol. The third kappa shape index (κ3) is 3.92. The topological polar surface area (TPSA) is 110 Å². The van der Waals surface area contributed by atoms with Gasteiger partial charge in [0.2, 0.25) is 27.6 Å². The van der Waals surface area contributed by atoms with Crippen LogP contribution in [0.4, 0.5) is 0 Å². The Balaban J connectivity index is 1.92. The lowest BCUT2D eigenvalue weighted by Crippen LogP contribution is -2.37. The Morgan fingerprint density at radius 3 is 2.82 bits per heavy atom. The molecule has 9 nitrogen and oxygen atoms in total. The summed E-state index contributed by atoms with van der Waals surface area (Å²) in [6, 6.07) is 3.70. The van der Waals surface area contributed by atoms with Crippen molar-refractivity contribution in [2.45, 2.75) is 6.54 Å². The van der Waals surface area contributed by atoms with E-state index in [0.717, 1.165) is 16.3 Å². The van der Waals surface area contributed by atoms with Crippen LogP contribution < -0.4 is 5.32 Å². The smallest absolute Gasteiger partial charge is 0.246 e. The van der Waals surface area contributed by atoms with Gasteiger partial charge < -0.3 is 14.4 Å². The van der Waals surface area contributed by atoms with Gasteiger partial charge in [0.1, 0.15) is 0 Å². The van der Waals surface area contributed by atoms with E-state index in [1.165, 1.54) is 7.05 Å². The first kappa shape index (κ1) is 16.2. The molecule has 0 unspecified atom stereocenters. The van der Waals surface area contributed by atoms with Gasteiger partial charge in [-0.1, -0.05) is 5.16 Å². The first-order valence-corrected chi connectivity index (χ1v) is 8.24. The summed E-state index contributed by atoms with van der Waals surface area (Å²) in [7, 11) is -0.209. The quantitative estimate of drug-likeness (QED) is 0.772. The lowest BCUT2D eigenvalue weighted by molar-refractivity contribution is -0.121. The van der Waals surface area contributed by atoms with E-state index in [1.54, 1.807) is 0 Å². The molecule has 0 atom stereocenters. The van der Waals surface area contributed by atoms with Crippen molar-refractivity contribution in [3.05, 3.63) is 24.2 Å². The normalized spacial score (nSPS) is 11.8. The second-order valence-corrected chi connectivity index (χ2v) is 6.90. The van der Waals surface area contributed by atoms with E-state index in [-0.39, 0.29) is 19.0 Å².